The molecule has 2 atom stereocenters. The number of amides is 1. The van der Waals surface area contributed by atoms with Crippen LogP contribution in [0.3, 0.4) is 0 Å². The van der Waals surface area contributed by atoms with E-state index in [9.17, 15) is 4.79 Å². The summed E-state index contributed by atoms with van der Waals surface area (Å²) in [6.45, 7) is 6.23. The Labute approximate surface area is 143 Å². The van der Waals surface area contributed by atoms with E-state index in [1.807, 2.05) is 32.0 Å². The van der Waals surface area contributed by atoms with Gasteiger partial charge < -0.3 is 11.1 Å². The highest BCUT2D eigenvalue weighted by Crippen LogP contribution is 2.23. The van der Waals surface area contributed by atoms with Gasteiger partial charge in [0.1, 0.15) is 0 Å². The number of carbonyl (C=O) groups is 1. The van der Waals surface area contributed by atoms with Gasteiger partial charge in [-0.15, -0.1) is 12.4 Å². The number of piperidine rings is 1. The first kappa shape index (κ1) is 19.2. The largest absolute Gasteiger partial charge is 0.328 e. The third-order valence-electron chi connectivity index (χ3n) is 4.19. The Morgan fingerprint density at radius 3 is 2.95 bits per heavy atom. The Hall–Kier alpha value is -0.810. The molecular weight excluding hydrogens is 321 g/mol. The smallest absolute Gasteiger partial charge is 0.238 e. The van der Waals surface area contributed by atoms with Crippen molar-refractivity contribution in [3.8, 4) is 0 Å². The van der Waals surface area contributed by atoms with Crippen LogP contribution >= 0.6 is 24.0 Å². The molecule has 0 aromatic heterocycles. The lowest BCUT2D eigenvalue weighted by atomic mass is 9.92. The molecule has 3 N–H and O–H groups in total. The Morgan fingerprint density at radius 1 is 1.55 bits per heavy atom. The molecule has 1 aromatic rings. The minimum atomic E-state index is 0. The van der Waals surface area contributed by atoms with E-state index in [4.69, 9.17) is 17.3 Å². The Balaban J connectivity index is 0.00000242. The fraction of sp³-hybridized carbons (Fsp3) is 0.562. The van der Waals surface area contributed by atoms with Gasteiger partial charge in [-0.3, -0.25) is 9.69 Å². The van der Waals surface area contributed by atoms with Crippen molar-refractivity contribution < 1.29 is 4.79 Å². The first-order valence-corrected chi connectivity index (χ1v) is 7.88. The maximum absolute atomic E-state index is 12.2. The topological polar surface area (TPSA) is 58.4 Å². The van der Waals surface area contributed by atoms with E-state index in [2.05, 4.69) is 10.2 Å². The van der Waals surface area contributed by atoms with Crippen molar-refractivity contribution in [2.75, 3.05) is 25.0 Å². The number of likely N-dealkylation sites (tertiary alicyclic amines) is 1. The highest BCUT2D eigenvalue weighted by Gasteiger charge is 2.24. The van der Waals surface area contributed by atoms with Crippen LogP contribution in [0.4, 0.5) is 5.69 Å². The van der Waals surface area contributed by atoms with Gasteiger partial charge in [0.05, 0.1) is 6.54 Å². The molecule has 0 spiro atoms. The molecule has 1 saturated heterocycles. The summed E-state index contributed by atoms with van der Waals surface area (Å²) < 4.78 is 0. The lowest BCUT2D eigenvalue weighted by Gasteiger charge is -2.34. The number of anilines is 1. The molecule has 1 fully saturated rings. The van der Waals surface area contributed by atoms with Crippen LogP contribution in [-0.2, 0) is 4.79 Å². The van der Waals surface area contributed by atoms with Crippen molar-refractivity contribution in [1.82, 2.24) is 4.90 Å². The monoisotopic (exact) mass is 345 g/mol. The van der Waals surface area contributed by atoms with Gasteiger partial charge in [0.25, 0.3) is 0 Å². The van der Waals surface area contributed by atoms with Crippen molar-refractivity contribution in [2.45, 2.75) is 32.7 Å². The van der Waals surface area contributed by atoms with Gasteiger partial charge in [-0.05, 0) is 56.8 Å². The highest BCUT2D eigenvalue weighted by atomic mass is 35.5. The summed E-state index contributed by atoms with van der Waals surface area (Å²) in [7, 11) is 0. The van der Waals surface area contributed by atoms with Gasteiger partial charge in [-0.1, -0.05) is 17.7 Å². The molecule has 1 heterocycles. The van der Waals surface area contributed by atoms with Crippen molar-refractivity contribution >= 4 is 35.6 Å². The normalized spacial score (nSPS) is 20.1. The van der Waals surface area contributed by atoms with Crippen LogP contribution in [0.5, 0.6) is 0 Å². The summed E-state index contributed by atoms with van der Waals surface area (Å²) in [5, 5.41) is 3.62. The van der Waals surface area contributed by atoms with Crippen LogP contribution in [-0.4, -0.2) is 36.5 Å². The number of nitrogens with one attached hydrogen (secondary N) is 1. The van der Waals surface area contributed by atoms with Gasteiger partial charge in [-0.25, -0.2) is 0 Å². The number of halogens is 2. The van der Waals surface area contributed by atoms with E-state index in [0.29, 0.717) is 17.5 Å². The van der Waals surface area contributed by atoms with E-state index in [-0.39, 0.29) is 24.4 Å². The number of hydrogen-bond acceptors (Lipinski definition) is 3. The van der Waals surface area contributed by atoms with E-state index >= 15 is 0 Å². The van der Waals surface area contributed by atoms with Gasteiger partial charge in [0.15, 0.2) is 0 Å². The standard InChI is InChI=1S/C16H24ClN3O.ClH/c1-11-14(17)6-3-7-15(11)19-16(21)10-20-8-4-5-13(9-20)12(2)18;/h3,6-7,12-13H,4-5,8-10,18H2,1-2H3,(H,19,21);1H. The maximum Gasteiger partial charge on any atom is 0.238 e. The lowest BCUT2D eigenvalue weighted by Crippen LogP contribution is -2.45. The van der Waals surface area contributed by atoms with Gasteiger partial charge in [-0.2, -0.15) is 0 Å². The van der Waals surface area contributed by atoms with E-state index < -0.39 is 0 Å². The predicted octanol–water partition coefficient (Wildman–Crippen LogP) is 3.07. The molecule has 4 nitrogen and oxygen atoms in total. The predicted molar refractivity (Wildman–Crippen MR) is 94.9 cm³/mol. The summed E-state index contributed by atoms with van der Waals surface area (Å²) in [6, 6.07) is 5.73. The Morgan fingerprint density at radius 2 is 2.27 bits per heavy atom. The van der Waals surface area contributed by atoms with Crippen LogP contribution in [0.1, 0.15) is 25.3 Å². The quantitative estimate of drug-likeness (QED) is 0.881. The molecular formula is C16H25Cl2N3O. The summed E-state index contributed by atoms with van der Waals surface area (Å²) in [5.41, 5.74) is 7.67. The third-order valence-corrected chi connectivity index (χ3v) is 4.60. The van der Waals surface area contributed by atoms with Gasteiger partial charge in [0.2, 0.25) is 5.91 Å². The maximum atomic E-state index is 12.2. The first-order chi connectivity index (χ1) is 9.97. The molecule has 1 aromatic carbocycles. The highest BCUT2D eigenvalue weighted by molar-refractivity contribution is 6.31. The van der Waals surface area contributed by atoms with E-state index in [1.165, 1.54) is 0 Å². The van der Waals surface area contributed by atoms with Crippen molar-refractivity contribution in [2.24, 2.45) is 11.7 Å². The number of carbonyl (C=O) groups excluding carboxylic acids is 1. The molecule has 2 rings (SSSR count). The third kappa shape index (κ3) is 5.13. The number of nitrogens with zero attached hydrogens (tertiary/aromatic N) is 1. The minimum absolute atomic E-state index is 0. The average molecular weight is 346 g/mol. The number of hydrogen-bond donors (Lipinski definition) is 2. The number of nitrogens with two attached hydrogens (primary N) is 1. The molecule has 22 heavy (non-hydrogen) atoms. The van der Waals surface area contributed by atoms with Crippen LogP contribution < -0.4 is 11.1 Å². The summed E-state index contributed by atoms with van der Waals surface area (Å²) >= 11 is 6.07. The Bertz CT molecular complexity index is 508. The summed E-state index contributed by atoms with van der Waals surface area (Å²) in [5.74, 6) is 0.491. The molecule has 1 aliphatic rings. The molecule has 1 aliphatic heterocycles. The fourth-order valence-corrected chi connectivity index (χ4v) is 2.97. The van der Waals surface area contributed by atoms with Gasteiger partial charge in [0, 0.05) is 23.3 Å². The summed E-state index contributed by atoms with van der Waals surface area (Å²) in [4.78, 5) is 14.4. The number of rotatable bonds is 4. The minimum Gasteiger partial charge on any atom is -0.328 e. The first-order valence-electron chi connectivity index (χ1n) is 7.50. The van der Waals surface area contributed by atoms with Gasteiger partial charge >= 0.3 is 0 Å². The zero-order chi connectivity index (χ0) is 15.4. The molecule has 6 heteroatoms. The average Bonchev–Trinajstić information content (AvgIpc) is 2.44. The van der Waals surface area contributed by atoms with Crippen molar-refractivity contribution in [1.29, 1.82) is 0 Å². The molecule has 0 bridgehead atoms. The Kier molecular flexibility index (Phi) is 7.63. The second-order valence-electron chi connectivity index (χ2n) is 5.96. The second kappa shape index (κ2) is 8.73. The fourth-order valence-electron chi connectivity index (χ4n) is 2.80. The SMILES string of the molecule is Cc1c(Cl)cccc1NC(=O)CN1CCCC(C(C)N)C1.Cl. The second-order valence-corrected chi connectivity index (χ2v) is 6.36. The van der Waals surface area contributed by atoms with E-state index in [1.54, 1.807) is 0 Å². The molecule has 124 valence electrons. The lowest BCUT2D eigenvalue weighted by molar-refractivity contribution is -0.117. The molecule has 1 amide bonds. The van der Waals surface area contributed by atoms with Crippen LogP contribution in [0.25, 0.3) is 0 Å². The van der Waals surface area contributed by atoms with Crippen molar-refractivity contribution in [3.05, 3.63) is 28.8 Å². The van der Waals surface area contributed by atoms with Crippen molar-refractivity contribution in [3.63, 3.8) is 0 Å². The molecule has 0 saturated carbocycles. The van der Waals surface area contributed by atoms with Crippen LogP contribution in [0.15, 0.2) is 18.2 Å². The molecule has 0 aliphatic carbocycles. The number of benzene rings is 1. The van der Waals surface area contributed by atoms with Crippen LogP contribution in [0, 0.1) is 12.8 Å². The molecule has 2 unspecified atom stereocenters. The van der Waals surface area contributed by atoms with Crippen LogP contribution in [0.2, 0.25) is 5.02 Å². The zero-order valence-corrected chi connectivity index (χ0v) is 14.7. The summed E-state index contributed by atoms with van der Waals surface area (Å²) in [6.07, 6.45) is 2.26. The van der Waals surface area contributed by atoms with E-state index in [0.717, 1.165) is 37.2 Å². The zero-order valence-electron chi connectivity index (χ0n) is 13.1. The molecule has 0 radical (unpaired) electrons.